The Hall–Kier alpha value is -1.73. The van der Waals surface area contributed by atoms with Crippen LogP contribution >= 0.6 is 15.9 Å². The van der Waals surface area contributed by atoms with E-state index in [1.54, 1.807) is 10.7 Å². The van der Waals surface area contributed by atoms with Gasteiger partial charge in [0, 0.05) is 24.9 Å². The van der Waals surface area contributed by atoms with Crippen LogP contribution < -0.4 is 5.32 Å². The fourth-order valence-electron chi connectivity index (χ4n) is 1.64. The number of halogens is 1. The summed E-state index contributed by atoms with van der Waals surface area (Å²) in [5, 5.41) is 18.3. The van der Waals surface area contributed by atoms with Crippen molar-refractivity contribution in [3.8, 4) is 5.69 Å². The lowest BCUT2D eigenvalue weighted by Crippen LogP contribution is -2.12. The number of hydrogen-bond donors (Lipinski definition) is 1. The van der Waals surface area contributed by atoms with Crippen molar-refractivity contribution in [2.45, 2.75) is 13.5 Å². The molecule has 1 heterocycles. The Bertz CT molecular complexity index is 597. The minimum atomic E-state index is -0.422. The molecule has 2 rings (SSSR count). The lowest BCUT2D eigenvalue weighted by molar-refractivity contribution is -0.384. The zero-order valence-electron chi connectivity index (χ0n) is 10.3. The molecule has 100 valence electrons. The molecule has 0 aliphatic rings. The van der Waals surface area contributed by atoms with Crippen LogP contribution in [0.25, 0.3) is 5.69 Å². The number of nitrogens with one attached hydrogen (secondary N) is 1. The SMILES string of the molecule is CCNCc1ccn(-c2ccc([N+](=O)[O-])cc2Br)n1. The smallest absolute Gasteiger partial charge is 0.270 e. The Labute approximate surface area is 118 Å². The molecular weight excluding hydrogens is 312 g/mol. The summed E-state index contributed by atoms with van der Waals surface area (Å²) in [5.74, 6) is 0. The second kappa shape index (κ2) is 5.94. The summed E-state index contributed by atoms with van der Waals surface area (Å²) in [6.45, 7) is 3.62. The lowest BCUT2D eigenvalue weighted by Gasteiger charge is -2.04. The van der Waals surface area contributed by atoms with Crippen LogP contribution in [0.15, 0.2) is 34.9 Å². The van der Waals surface area contributed by atoms with E-state index in [1.807, 2.05) is 19.2 Å². The second-order valence-corrected chi connectivity index (χ2v) is 4.78. The Kier molecular flexibility index (Phi) is 4.28. The molecule has 0 saturated carbocycles. The molecule has 6 nitrogen and oxygen atoms in total. The number of benzene rings is 1. The average molecular weight is 325 g/mol. The summed E-state index contributed by atoms with van der Waals surface area (Å²) < 4.78 is 2.33. The van der Waals surface area contributed by atoms with E-state index in [9.17, 15) is 10.1 Å². The molecule has 0 spiro atoms. The molecule has 0 aliphatic heterocycles. The topological polar surface area (TPSA) is 73.0 Å². The van der Waals surface area contributed by atoms with Crippen molar-refractivity contribution in [2.24, 2.45) is 0 Å². The first-order valence-electron chi connectivity index (χ1n) is 5.81. The largest absolute Gasteiger partial charge is 0.311 e. The van der Waals surface area contributed by atoms with E-state index in [0.29, 0.717) is 11.0 Å². The van der Waals surface area contributed by atoms with Gasteiger partial charge in [0.15, 0.2) is 0 Å². The van der Waals surface area contributed by atoms with Gasteiger partial charge in [-0.2, -0.15) is 5.10 Å². The van der Waals surface area contributed by atoms with Gasteiger partial charge < -0.3 is 5.32 Å². The summed E-state index contributed by atoms with van der Waals surface area (Å²) in [4.78, 5) is 10.3. The van der Waals surface area contributed by atoms with Crippen LogP contribution in [0.5, 0.6) is 0 Å². The van der Waals surface area contributed by atoms with Gasteiger partial charge >= 0.3 is 0 Å². The van der Waals surface area contributed by atoms with Gasteiger partial charge in [0.25, 0.3) is 5.69 Å². The van der Waals surface area contributed by atoms with Crippen molar-refractivity contribution in [1.29, 1.82) is 0 Å². The molecular formula is C12H13BrN4O2. The van der Waals surface area contributed by atoms with Crippen LogP contribution in [0.1, 0.15) is 12.6 Å². The summed E-state index contributed by atoms with van der Waals surface area (Å²) in [7, 11) is 0. The van der Waals surface area contributed by atoms with Gasteiger partial charge in [-0.3, -0.25) is 10.1 Å². The first-order valence-corrected chi connectivity index (χ1v) is 6.60. The van der Waals surface area contributed by atoms with E-state index in [0.717, 1.165) is 17.9 Å². The van der Waals surface area contributed by atoms with Crippen molar-refractivity contribution in [3.05, 3.63) is 50.7 Å². The van der Waals surface area contributed by atoms with Gasteiger partial charge in [-0.05, 0) is 34.6 Å². The normalized spacial score (nSPS) is 10.6. The number of nitro groups is 1. The van der Waals surface area contributed by atoms with E-state index in [1.165, 1.54) is 12.1 Å². The summed E-state index contributed by atoms with van der Waals surface area (Å²) >= 11 is 3.33. The van der Waals surface area contributed by atoms with E-state index < -0.39 is 4.92 Å². The third-order valence-corrected chi connectivity index (χ3v) is 3.22. The number of hydrogen-bond acceptors (Lipinski definition) is 4. The predicted octanol–water partition coefficient (Wildman–Crippen LogP) is 2.65. The molecule has 0 aliphatic carbocycles. The molecule has 2 aromatic rings. The molecule has 1 aromatic heterocycles. The minimum absolute atomic E-state index is 0.0515. The maximum atomic E-state index is 10.7. The molecule has 0 unspecified atom stereocenters. The molecule has 0 amide bonds. The van der Waals surface area contributed by atoms with Crippen molar-refractivity contribution >= 4 is 21.6 Å². The minimum Gasteiger partial charge on any atom is -0.311 e. The molecule has 0 radical (unpaired) electrons. The average Bonchev–Trinajstić information content (AvgIpc) is 2.84. The van der Waals surface area contributed by atoms with E-state index in [2.05, 4.69) is 26.3 Å². The molecule has 0 saturated heterocycles. The van der Waals surface area contributed by atoms with Gasteiger partial charge in [-0.1, -0.05) is 6.92 Å². The molecule has 0 bridgehead atoms. The van der Waals surface area contributed by atoms with Crippen LogP contribution in [-0.2, 0) is 6.54 Å². The van der Waals surface area contributed by atoms with Crippen molar-refractivity contribution in [1.82, 2.24) is 15.1 Å². The zero-order valence-corrected chi connectivity index (χ0v) is 11.9. The van der Waals surface area contributed by atoms with E-state index in [-0.39, 0.29) is 5.69 Å². The van der Waals surface area contributed by atoms with Gasteiger partial charge in [0.2, 0.25) is 0 Å². The Morgan fingerprint density at radius 1 is 1.47 bits per heavy atom. The van der Waals surface area contributed by atoms with Crippen molar-refractivity contribution in [3.63, 3.8) is 0 Å². The number of nitro benzene ring substituents is 1. The third kappa shape index (κ3) is 3.18. The van der Waals surface area contributed by atoms with Crippen LogP contribution in [0.2, 0.25) is 0 Å². The fraction of sp³-hybridized carbons (Fsp3) is 0.250. The van der Waals surface area contributed by atoms with Crippen molar-refractivity contribution in [2.75, 3.05) is 6.54 Å². The predicted molar refractivity (Wildman–Crippen MR) is 75.3 cm³/mol. The molecule has 0 atom stereocenters. The number of nitrogens with zero attached hydrogens (tertiary/aromatic N) is 3. The summed E-state index contributed by atoms with van der Waals surface area (Å²) in [6, 6.07) is 6.52. The van der Waals surface area contributed by atoms with Crippen LogP contribution in [0.3, 0.4) is 0 Å². The first-order chi connectivity index (χ1) is 9.11. The van der Waals surface area contributed by atoms with Crippen LogP contribution in [-0.4, -0.2) is 21.2 Å². The highest BCUT2D eigenvalue weighted by atomic mass is 79.9. The Balaban J connectivity index is 2.26. The van der Waals surface area contributed by atoms with Gasteiger partial charge in [0.1, 0.15) is 0 Å². The van der Waals surface area contributed by atoms with Crippen molar-refractivity contribution < 1.29 is 4.92 Å². The highest BCUT2D eigenvalue weighted by Gasteiger charge is 2.11. The van der Waals surface area contributed by atoms with Crippen LogP contribution in [0.4, 0.5) is 5.69 Å². The fourth-order valence-corrected chi connectivity index (χ4v) is 2.19. The number of rotatable bonds is 5. The summed E-state index contributed by atoms with van der Waals surface area (Å²) in [6.07, 6.45) is 1.83. The molecule has 7 heteroatoms. The number of non-ortho nitro benzene ring substituents is 1. The summed E-state index contributed by atoms with van der Waals surface area (Å²) in [5.41, 5.74) is 1.75. The first kappa shape index (κ1) is 13.7. The van der Waals surface area contributed by atoms with E-state index in [4.69, 9.17) is 0 Å². The van der Waals surface area contributed by atoms with Gasteiger partial charge in [0.05, 0.1) is 20.8 Å². The Morgan fingerprint density at radius 3 is 2.89 bits per heavy atom. The monoisotopic (exact) mass is 324 g/mol. The Morgan fingerprint density at radius 2 is 2.26 bits per heavy atom. The quantitative estimate of drug-likeness (QED) is 0.677. The van der Waals surface area contributed by atoms with E-state index >= 15 is 0 Å². The number of aromatic nitrogens is 2. The zero-order chi connectivity index (χ0) is 13.8. The highest BCUT2D eigenvalue weighted by Crippen LogP contribution is 2.25. The van der Waals surface area contributed by atoms with Gasteiger partial charge in [-0.25, -0.2) is 4.68 Å². The highest BCUT2D eigenvalue weighted by molar-refractivity contribution is 9.10. The third-order valence-electron chi connectivity index (χ3n) is 2.59. The molecule has 1 aromatic carbocycles. The molecule has 19 heavy (non-hydrogen) atoms. The van der Waals surface area contributed by atoms with Crippen LogP contribution in [0, 0.1) is 10.1 Å². The maximum Gasteiger partial charge on any atom is 0.270 e. The maximum absolute atomic E-state index is 10.7. The second-order valence-electron chi connectivity index (χ2n) is 3.92. The molecule has 1 N–H and O–H groups in total. The molecule has 0 fully saturated rings. The standard InChI is InChI=1S/C12H13BrN4O2/c1-2-14-8-9-5-6-16(15-9)12-4-3-10(17(18)19)7-11(12)13/h3-7,14H,2,8H2,1H3. The lowest BCUT2D eigenvalue weighted by atomic mass is 10.3. The van der Waals surface area contributed by atoms with Gasteiger partial charge in [-0.15, -0.1) is 0 Å².